The summed E-state index contributed by atoms with van der Waals surface area (Å²) in [7, 11) is 0. The third kappa shape index (κ3) is 4.43. The summed E-state index contributed by atoms with van der Waals surface area (Å²) in [5.41, 5.74) is 2.49. The molecular weight excluding hydrogens is 298 g/mol. The van der Waals surface area contributed by atoms with Crippen LogP contribution in [0.1, 0.15) is 42.3 Å². The van der Waals surface area contributed by atoms with Crippen LogP contribution in [0.15, 0.2) is 53.7 Å². The third-order valence-corrected chi connectivity index (χ3v) is 3.45. The van der Waals surface area contributed by atoms with Crippen LogP contribution in [0.25, 0.3) is 0 Å². The van der Waals surface area contributed by atoms with E-state index in [4.69, 9.17) is 16.4 Å². The van der Waals surface area contributed by atoms with E-state index in [9.17, 15) is 4.79 Å². The second-order valence-electron chi connectivity index (χ2n) is 5.99. The van der Waals surface area contributed by atoms with Gasteiger partial charge in [-0.2, -0.15) is 0 Å². The van der Waals surface area contributed by atoms with Gasteiger partial charge in [-0.3, -0.25) is 0 Å². The number of oxime groups is 1. The number of carbonyl (C=O) groups is 1. The van der Waals surface area contributed by atoms with Gasteiger partial charge in [0.05, 0.1) is 11.8 Å². The Morgan fingerprint density at radius 3 is 2.18 bits per heavy atom. The van der Waals surface area contributed by atoms with E-state index < -0.39 is 5.97 Å². The first kappa shape index (κ1) is 16.2. The molecule has 0 unspecified atom stereocenters. The minimum absolute atomic E-state index is 0.0508. The zero-order valence-corrected chi connectivity index (χ0v) is 13.6. The molecule has 0 N–H and O–H groups in total. The van der Waals surface area contributed by atoms with Crippen LogP contribution < -0.4 is 0 Å². The Labute approximate surface area is 135 Å². The first-order chi connectivity index (χ1) is 10.4. The molecule has 0 aliphatic heterocycles. The van der Waals surface area contributed by atoms with Gasteiger partial charge in [-0.25, -0.2) is 4.79 Å². The van der Waals surface area contributed by atoms with Gasteiger partial charge < -0.3 is 4.84 Å². The average molecular weight is 316 g/mol. The first-order valence-electron chi connectivity index (χ1n) is 6.97. The Kier molecular flexibility index (Phi) is 4.99. The van der Waals surface area contributed by atoms with Gasteiger partial charge in [-0.1, -0.05) is 61.8 Å². The number of hydrogen-bond acceptors (Lipinski definition) is 3. The fourth-order valence-electron chi connectivity index (χ4n) is 1.84. The predicted molar refractivity (Wildman–Crippen MR) is 89.6 cm³/mol. The van der Waals surface area contributed by atoms with Crippen LogP contribution in [0.3, 0.4) is 0 Å². The second kappa shape index (κ2) is 6.75. The van der Waals surface area contributed by atoms with Crippen molar-refractivity contribution in [1.29, 1.82) is 0 Å². The third-order valence-electron chi connectivity index (χ3n) is 3.19. The fraction of sp³-hybridized carbons (Fsp3) is 0.222. The molecule has 0 aliphatic carbocycles. The standard InChI is InChI=1S/C18H18ClNO2/c1-18(2,3)15-8-6-14(7-9-15)17(21)22-20-12-13-4-10-16(19)11-5-13/h4-12H,1-3H3. The summed E-state index contributed by atoms with van der Waals surface area (Å²) in [6.07, 6.45) is 1.47. The molecule has 114 valence electrons. The summed E-state index contributed by atoms with van der Waals surface area (Å²) in [5.74, 6) is -0.481. The van der Waals surface area contributed by atoms with Gasteiger partial charge in [0.25, 0.3) is 0 Å². The molecule has 0 fully saturated rings. The Hall–Kier alpha value is -2.13. The Bertz CT molecular complexity index is 668. The highest BCUT2D eigenvalue weighted by Crippen LogP contribution is 2.22. The van der Waals surface area contributed by atoms with Gasteiger partial charge in [-0.15, -0.1) is 0 Å². The van der Waals surface area contributed by atoms with Crippen LogP contribution >= 0.6 is 11.6 Å². The minimum atomic E-state index is -0.481. The number of rotatable bonds is 3. The van der Waals surface area contributed by atoms with Gasteiger partial charge in [0.2, 0.25) is 0 Å². The van der Waals surface area contributed by atoms with Crippen molar-refractivity contribution in [3.63, 3.8) is 0 Å². The van der Waals surface area contributed by atoms with Crippen molar-refractivity contribution in [1.82, 2.24) is 0 Å². The minimum Gasteiger partial charge on any atom is -0.313 e. The van der Waals surface area contributed by atoms with Gasteiger partial charge >= 0.3 is 5.97 Å². The molecule has 0 spiro atoms. The zero-order chi connectivity index (χ0) is 16.2. The smallest absolute Gasteiger partial charge is 0.313 e. The average Bonchev–Trinajstić information content (AvgIpc) is 2.48. The van der Waals surface area contributed by atoms with E-state index in [0.717, 1.165) is 11.1 Å². The molecule has 0 saturated heterocycles. The van der Waals surface area contributed by atoms with E-state index in [-0.39, 0.29) is 5.41 Å². The number of halogens is 1. The van der Waals surface area contributed by atoms with E-state index in [1.807, 2.05) is 12.1 Å². The molecule has 0 aromatic heterocycles. The van der Waals surface area contributed by atoms with Crippen molar-refractivity contribution < 1.29 is 9.63 Å². The lowest BCUT2D eigenvalue weighted by molar-refractivity contribution is 0.0519. The summed E-state index contributed by atoms with van der Waals surface area (Å²) < 4.78 is 0. The highest BCUT2D eigenvalue weighted by molar-refractivity contribution is 6.30. The Morgan fingerprint density at radius 2 is 1.64 bits per heavy atom. The molecule has 0 aliphatic rings. The van der Waals surface area contributed by atoms with E-state index in [0.29, 0.717) is 10.6 Å². The topological polar surface area (TPSA) is 38.7 Å². The molecule has 4 heteroatoms. The largest absolute Gasteiger partial charge is 0.365 e. The normalized spacial score (nSPS) is 11.6. The molecule has 2 rings (SSSR count). The van der Waals surface area contributed by atoms with E-state index >= 15 is 0 Å². The lowest BCUT2D eigenvalue weighted by atomic mass is 9.87. The summed E-state index contributed by atoms with van der Waals surface area (Å²) in [4.78, 5) is 16.8. The molecule has 0 heterocycles. The van der Waals surface area contributed by atoms with Crippen molar-refractivity contribution in [2.24, 2.45) is 5.16 Å². The number of hydrogen-bond donors (Lipinski definition) is 0. The maximum atomic E-state index is 11.9. The quantitative estimate of drug-likeness (QED) is 0.462. The van der Waals surface area contributed by atoms with Crippen LogP contribution in [0.5, 0.6) is 0 Å². The van der Waals surface area contributed by atoms with E-state index in [2.05, 4.69) is 25.9 Å². The number of nitrogens with zero attached hydrogens (tertiary/aromatic N) is 1. The SMILES string of the molecule is CC(C)(C)c1ccc(C(=O)ON=Cc2ccc(Cl)cc2)cc1. The first-order valence-corrected chi connectivity index (χ1v) is 7.35. The predicted octanol–water partition coefficient (Wildman–Crippen LogP) is 4.83. The summed E-state index contributed by atoms with van der Waals surface area (Å²) in [6.45, 7) is 6.37. The molecule has 22 heavy (non-hydrogen) atoms. The molecule has 0 atom stereocenters. The maximum Gasteiger partial charge on any atom is 0.365 e. The van der Waals surface area contributed by atoms with Crippen LogP contribution in [-0.4, -0.2) is 12.2 Å². The molecule has 3 nitrogen and oxygen atoms in total. The van der Waals surface area contributed by atoms with Gasteiger partial charge in [0, 0.05) is 5.02 Å². The fourth-order valence-corrected chi connectivity index (χ4v) is 1.97. The Morgan fingerprint density at radius 1 is 1.05 bits per heavy atom. The lowest BCUT2D eigenvalue weighted by Crippen LogP contribution is -2.11. The van der Waals surface area contributed by atoms with Crippen molar-refractivity contribution >= 4 is 23.8 Å². The van der Waals surface area contributed by atoms with Crippen molar-refractivity contribution in [3.05, 3.63) is 70.2 Å². The summed E-state index contributed by atoms with van der Waals surface area (Å²) >= 11 is 5.79. The molecule has 0 amide bonds. The van der Waals surface area contributed by atoms with Crippen molar-refractivity contribution in [2.45, 2.75) is 26.2 Å². The van der Waals surface area contributed by atoms with Gasteiger partial charge in [0.15, 0.2) is 0 Å². The monoisotopic (exact) mass is 315 g/mol. The van der Waals surface area contributed by atoms with Crippen LogP contribution in [-0.2, 0) is 10.3 Å². The maximum absolute atomic E-state index is 11.9. The second-order valence-corrected chi connectivity index (χ2v) is 6.43. The number of carbonyl (C=O) groups excluding carboxylic acids is 1. The molecule has 0 bridgehead atoms. The van der Waals surface area contributed by atoms with E-state index in [1.165, 1.54) is 6.21 Å². The van der Waals surface area contributed by atoms with Crippen molar-refractivity contribution in [3.8, 4) is 0 Å². The highest BCUT2D eigenvalue weighted by atomic mass is 35.5. The van der Waals surface area contributed by atoms with Gasteiger partial charge in [-0.05, 0) is 40.8 Å². The van der Waals surface area contributed by atoms with Crippen LogP contribution in [0, 0.1) is 0 Å². The van der Waals surface area contributed by atoms with Gasteiger partial charge in [0.1, 0.15) is 0 Å². The molecule has 0 radical (unpaired) electrons. The van der Waals surface area contributed by atoms with Crippen molar-refractivity contribution in [2.75, 3.05) is 0 Å². The summed E-state index contributed by atoms with van der Waals surface area (Å²) in [6, 6.07) is 14.4. The molecular formula is C18H18ClNO2. The summed E-state index contributed by atoms with van der Waals surface area (Å²) in [5, 5.41) is 4.35. The highest BCUT2D eigenvalue weighted by Gasteiger charge is 2.14. The Balaban J connectivity index is 1.99. The molecule has 0 saturated carbocycles. The van der Waals surface area contributed by atoms with E-state index in [1.54, 1.807) is 36.4 Å². The van der Waals surface area contributed by atoms with Crippen LogP contribution in [0.4, 0.5) is 0 Å². The molecule has 2 aromatic rings. The number of benzene rings is 2. The zero-order valence-electron chi connectivity index (χ0n) is 12.8. The lowest BCUT2D eigenvalue weighted by Gasteiger charge is -2.18. The van der Waals surface area contributed by atoms with Crippen LogP contribution in [0.2, 0.25) is 5.02 Å². The molecule has 2 aromatic carbocycles.